The Bertz CT molecular complexity index is 995. The Hall–Kier alpha value is -3.55. The molecule has 8 nitrogen and oxygen atoms in total. The van der Waals surface area contributed by atoms with Crippen LogP contribution in [0.5, 0.6) is 11.5 Å². The lowest BCUT2D eigenvalue weighted by atomic mass is 10.2. The predicted octanol–water partition coefficient (Wildman–Crippen LogP) is 2.72. The van der Waals surface area contributed by atoms with Crippen molar-refractivity contribution in [2.24, 2.45) is 0 Å². The van der Waals surface area contributed by atoms with Crippen molar-refractivity contribution in [3.63, 3.8) is 0 Å². The maximum absolute atomic E-state index is 12.6. The number of rotatable bonds is 6. The molecule has 0 spiro atoms. The van der Waals surface area contributed by atoms with Crippen LogP contribution < -0.4 is 20.3 Å². The standard InChI is InChI=1S/C19H19N3O5/c1-12(19(24)20-13-6-8-16(25-2)17(11-13)26-3)22-18(23)9-7-14(21-22)15-5-4-10-27-15/h4-12H,1-3H3,(H,20,24). The summed E-state index contributed by atoms with van der Waals surface area (Å²) in [6, 6.07) is 10.5. The highest BCUT2D eigenvalue weighted by atomic mass is 16.5. The summed E-state index contributed by atoms with van der Waals surface area (Å²) in [6.07, 6.45) is 1.51. The molecule has 1 amide bonds. The Balaban J connectivity index is 1.83. The summed E-state index contributed by atoms with van der Waals surface area (Å²) in [6.45, 7) is 1.59. The Morgan fingerprint density at radius 1 is 1.15 bits per heavy atom. The number of hydrogen-bond acceptors (Lipinski definition) is 6. The van der Waals surface area contributed by atoms with Gasteiger partial charge < -0.3 is 19.2 Å². The molecule has 1 N–H and O–H groups in total. The minimum absolute atomic E-state index is 0.389. The van der Waals surface area contributed by atoms with E-state index < -0.39 is 11.9 Å². The minimum atomic E-state index is -0.833. The summed E-state index contributed by atoms with van der Waals surface area (Å²) in [5, 5.41) is 6.99. The number of ether oxygens (including phenoxy) is 2. The lowest BCUT2D eigenvalue weighted by Gasteiger charge is -2.15. The van der Waals surface area contributed by atoms with E-state index in [1.165, 1.54) is 26.5 Å². The van der Waals surface area contributed by atoms with Crippen molar-refractivity contribution >= 4 is 11.6 Å². The molecule has 1 unspecified atom stereocenters. The smallest absolute Gasteiger partial charge is 0.267 e. The van der Waals surface area contributed by atoms with Crippen LogP contribution in [0.1, 0.15) is 13.0 Å². The average molecular weight is 369 g/mol. The first-order chi connectivity index (χ1) is 13.0. The fourth-order valence-corrected chi connectivity index (χ4v) is 2.53. The first-order valence-electron chi connectivity index (χ1n) is 8.20. The number of nitrogens with one attached hydrogen (secondary N) is 1. The van der Waals surface area contributed by atoms with Crippen LogP contribution in [0.3, 0.4) is 0 Å². The summed E-state index contributed by atoms with van der Waals surface area (Å²) in [7, 11) is 3.04. The van der Waals surface area contributed by atoms with Gasteiger partial charge in [-0.05, 0) is 37.3 Å². The summed E-state index contributed by atoms with van der Waals surface area (Å²) in [5.74, 6) is 1.15. The van der Waals surface area contributed by atoms with Crippen LogP contribution in [0, 0.1) is 0 Å². The molecule has 0 aliphatic rings. The summed E-state index contributed by atoms with van der Waals surface area (Å²) in [4.78, 5) is 24.8. The molecule has 8 heteroatoms. The molecule has 1 atom stereocenters. The van der Waals surface area contributed by atoms with Crippen LogP contribution in [-0.2, 0) is 4.79 Å². The maximum Gasteiger partial charge on any atom is 0.267 e. The van der Waals surface area contributed by atoms with Gasteiger partial charge in [0.15, 0.2) is 17.3 Å². The molecule has 0 saturated heterocycles. The molecule has 0 bridgehead atoms. The Labute approximate surface area is 155 Å². The van der Waals surface area contributed by atoms with Crippen LogP contribution in [0.25, 0.3) is 11.5 Å². The van der Waals surface area contributed by atoms with Gasteiger partial charge in [0, 0.05) is 17.8 Å². The zero-order valence-corrected chi connectivity index (χ0v) is 15.1. The summed E-state index contributed by atoms with van der Waals surface area (Å²) >= 11 is 0. The summed E-state index contributed by atoms with van der Waals surface area (Å²) < 4.78 is 16.8. The number of carbonyl (C=O) groups is 1. The number of hydrogen-bond donors (Lipinski definition) is 1. The van der Waals surface area contributed by atoms with E-state index in [0.29, 0.717) is 28.6 Å². The van der Waals surface area contributed by atoms with E-state index in [2.05, 4.69) is 10.4 Å². The number of anilines is 1. The second-order valence-electron chi connectivity index (χ2n) is 5.71. The third-order valence-electron chi connectivity index (χ3n) is 4.00. The van der Waals surface area contributed by atoms with Crippen molar-refractivity contribution < 1.29 is 18.7 Å². The highest BCUT2D eigenvalue weighted by Gasteiger charge is 2.19. The largest absolute Gasteiger partial charge is 0.493 e. The number of benzene rings is 1. The van der Waals surface area contributed by atoms with Crippen LogP contribution in [-0.4, -0.2) is 29.9 Å². The van der Waals surface area contributed by atoms with E-state index in [-0.39, 0.29) is 5.56 Å². The van der Waals surface area contributed by atoms with Crippen LogP contribution in [0.2, 0.25) is 0 Å². The Morgan fingerprint density at radius 3 is 2.59 bits per heavy atom. The third-order valence-corrected chi connectivity index (χ3v) is 4.00. The average Bonchev–Trinajstić information content (AvgIpc) is 3.22. The van der Waals surface area contributed by atoms with Gasteiger partial charge in [-0.25, -0.2) is 4.68 Å². The van der Waals surface area contributed by atoms with E-state index >= 15 is 0 Å². The van der Waals surface area contributed by atoms with Gasteiger partial charge in [0.2, 0.25) is 5.91 Å². The van der Waals surface area contributed by atoms with Gasteiger partial charge >= 0.3 is 0 Å². The molecule has 0 saturated carbocycles. The monoisotopic (exact) mass is 369 g/mol. The van der Waals surface area contributed by atoms with E-state index in [1.807, 2.05) is 0 Å². The van der Waals surface area contributed by atoms with Crippen molar-refractivity contribution in [1.29, 1.82) is 0 Å². The van der Waals surface area contributed by atoms with Gasteiger partial charge in [-0.3, -0.25) is 9.59 Å². The molecule has 0 radical (unpaired) electrons. The molecule has 3 rings (SSSR count). The van der Waals surface area contributed by atoms with Crippen LogP contribution >= 0.6 is 0 Å². The van der Waals surface area contributed by atoms with Crippen LogP contribution in [0.4, 0.5) is 5.69 Å². The van der Waals surface area contributed by atoms with Crippen molar-refractivity contribution in [3.05, 3.63) is 59.1 Å². The number of methoxy groups -OCH3 is 2. The predicted molar refractivity (Wildman–Crippen MR) is 99.1 cm³/mol. The highest BCUT2D eigenvalue weighted by Crippen LogP contribution is 2.30. The first kappa shape index (κ1) is 18.2. The lowest BCUT2D eigenvalue weighted by Crippen LogP contribution is -2.33. The SMILES string of the molecule is COc1ccc(NC(=O)C(C)n2nc(-c3ccco3)ccc2=O)cc1OC. The molecular formula is C19H19N3O5. The van der Waals surface area contributed by atoms with E-state index in [9.17, 15) is 9.59 Å². The molecule has 0 fully saturated rings. The molecule has 27 heavy (non-hydrogen) atoms. The normalized spacial score (nSPS) is 11.7. The molecule has 140 valence electrons. The van der Waals surface area contributed by atoms with Crippen LogP contribution in [0.15, 0.2) is 57.9 Å². The van der Waals surface area contributed by atoms with Gasteiger partial charge in [0.1, 0.15) is 11.7 Å². The van der Waals surface area contributed by atoms with Crippen molar-refractivity contribution in [2.75, 3.05) is 19.5 Å². The Kier molecular flexibility index (Phi) is 5.25. The molecular weight excluding hydrogens is 350 g/mol. The molecule has 2 heterocycles. The molecule has 0 aliphatic carbocycles. The second-order valence-corrected chi connectivity index (χ2v) is 5.71. The number of aromatic nitrogens is 2. The maximum atomic E-state index is 12.6. The molecule has 2 aromatic heterocycles. The van der Waals surface area contributed by atoms with Crippen molar-refractivity contribution in [3.8, 4) is 23.0 Å². The topological polar surface area (TPSA) is 95.6 Å². The fraction of sp³-hybridized carbons (Fsp3) is 0.211. The van der Waals surface area contributed by atoms with Crippen molar-refractivity contribution in [1.82, 2.24) is 9.78 Å². The number of amides is 1. The molecule has 1 aromatic carbocycles. The number of nitrogens with zero attached hydrogens (tertiary/aromatic N) is 2. The fourth-order valence-electron chi connectivity index (χ4n) is 2.53. The molecule has 0 aliphatic heterocycles. The first-order valence-corrected chi connectivity index (χ1v) is 8.20. The van der Waals surface area contributed by atoms with Gasteiger partial charge in [-0.2, -0.15) is 5.10 Å². The Morgan fingerprint density at radius 2 is 1.93 bits per heavy atom. The molecule has 3 aromatic rings. The summed E-state index contributed by atoms with van der Waals surface area (Å²) in [5.41, 5.74) is 0.588. The number of carbonyl (C=O) groups excluding carboxylic acids is 1. The zero-order valence-electron chi connectivity index (χ0n) is 15.1. The lowest BCUT2D eigenvalue weighted by molar-refractivity contribution is -0.119. The van der Waals surface area contributed by atoms with Gasteiger partial charge in [-0.15, -0.1) is 0 Å². The number of furan rings is 1. The highest BCUT2D eigenvalue weighted by molar-refractivity contribution is 5.93. The van der Waals surface area contributed by atoms with Crippen molar-refractivity contribution in [2.45, 2.75) is 13.0 Å². The van der Waals surface area contributed by atoms with E-state index in [0.717, 1.165) is 4.68 Å². The van der Waals surface area contributed by atoms with Gasteiger partial charge in [0.25, 0.3) is 5.56 Å². The quantitative estimate of drug-likeness (QED) is 0.718. The minimum Gasteiger partial charge on any atom is -0.493 e. The zero-order chi connectivity index (χ0) is 19.4. The third kappa shape index (κ3) is 3.84. The van der Waals surface area contributed by atoms with Gasteiger partial charge in [-0.1, -0.05) is 0 Å². The second kappa shape index (κ2) is 7.77. The van der Waals surface area contributed by atoms with E-state index in [1.54, 1.807) is 43.3 Å². The van der Waals surface area contributed by atoms with E-state index in [4.69, 9.17) is 13.9 Å². The van der Waals surface area contributed by atoms with Gasteiger partial charge in [0.05, 0.1) is 20.5 Å².